The van der Waals surface area contributed by atoms with Crippen LogP contribution in [0.3, 0.4) is 0 Å². The summed E-state index contributed by atoms with van der Waals surface area (Å²) in [6.45, 7) is 2.31. The number of nitrogens with two attached hydrogens (primary N) is 1. The van der Waals surface area contributed by atoms with Gasteiger partial charge in [-0.3, -0.25) is 4.98 Å². The molecule has 1 saturated carbocycles. The lowest BCUT2D eigenvalue weighted by Crippen LogP contribution is -2.38. The Morgan fingerprint density at radius 1 is 1.29 bits per heavy atom. The van der Waals surface area contributed by atoms with Gasteiger partial charge in [-0.05, 0) is 42.4 Å². The summed E-state index contributed by atoms with van der Waals surface area (Å²) in [5, 5.41) is 0. The normalized spacial score (nSPS) is 26.7. The maximum absolute atomic E-state index is 6.43. The minimum absolute atomic E-state index is 0.322. The third kappa shape index (κ3) is 3.29. The summed E-state index contributed by atoms with van der Waals surface area (Å²) in [5.41, 5.74) is 7.75. The first-order valence-corrected chi connectivity index (χ1v) is 6.95. The molecule has 1 fully saturated rings. The summed E-state index contributed by atoms with van der Waals surface area (Å²) in [4.78, 5) is 4.06. The second kappa shape index (κ2) is 6.15. The highest BCUT2D eigenvalue weighted by Gasteiger charge is 2.28. The van der Waals surface area contributed by atoms with Gasteiger partial charge in [-0.1, -0.05) is 32.6 Å². The highest BCUT2D eigenvalue weighted by molar-refractivity contribution is 5.11. The number of nitrogens with zero attached hydrogens (tertiary/aromatic N) is 1. The van der Waals surface area contributed by atoms with Crippen molar-refractivity contribution in [1.29, 1.82) is 0 Å². The molecule has 3 unspecified atom stereocenters. The van der Waals surface area contributed by atoms with Crippen molar-refractivity contribution in [2.45, 2.75) is 51.5 Å². The Labute approximate surface area is 105 Å². The van der Waals surface area contributed by atoms with E-state index in [4.69, 9.17) is 5.73 Å². The average molecular weight is 232 g/mol. The molecule has 0 radical (unpaired) electrons. The summed E-state index contributed by atoms with van der Waals surface area (Å²) >= 11 is 0. The van der Waals surface area contributed by atoms with Crippen molar-refractivity contribution in [3.8, 4) is 0 Å². The Balaban J connectivity index is 1.96. The predicted octanol–water partition coefficient (Wildman–Crippen LogP) is 3.17. The van der Waals surface area contributed by atoms with Gasteiger partial charge in [0.1, 0.15) is 0 Å². The van der Waals surface area contributed by atoms with Crippen molar-refractivity contribution in [2.75, 3.05) is 0 Å². The van der Waals surface area contributed by atoms with Crippen molar-refractivity contribution in [3.05, 3.63) is 30.1 Å². The standard InChI is InChI=1S/C15H24N2/c1-2-13-5-3-4-6-14(13)15(16)11-12-7-9-17-10-8-12/h7-10,13-15H,2-6,11,16H2,1H3. The van der Waals surface area contributed by atoms with Crippen molar-refractivity contribution < 1.29 is 0 Å². The largest absolute Gasteiger partial charge is 0.327 e. The molecule has 1 aliphatic carbocycles. The quantitative estimate of drug-likeness (QED) is 0.866. The highest BCUT2D eigenvalue weighted by Crippen LogP contribution is 2.34. The molecule has 1 aromatic heterocycles. The molecular formula is C15H24N2. The van der Waals surface area contributed by atoms with Crippen LogP contribution in [-0.2, 0) is 6.42 Å². The summed E-state index contributed by atoms with van der Waals surface area (Å²) in [6, 6.07) is 4.50. The first-order valence-electron chi connectivity index (χ1n) is 6.95. The molecule has 0 aromatic carbocycles. The van der Waals surface area contributed by atoms with Crippen molar-refractivity contribution >= 4 is 0 Å². The van der Waals surface area contributed by atoms with Gasteiger partial charge in [0.05, 0.1) is 0 Å². The molecule has 0 spiro atoms. The smallest absolute Gasteiger partial charge is 0.0270 e. The number of hydrogen-bond donors (Lipinski definition) is 1. The number of hydrogen-bond acceptors (Lipinski definition) is 2. The van der Waals surface area contributed by atoms with Gasteiger partial charge in [0, 0.05) is 18.4 Å². The third-order valence-electron chi connectivity index (χ3n) is 4.26. The van der Waals surface area contributed by atoms with E-state index in [-0.39, 0.29) is 0 Å². The van der Waals surface area contributed by atoms with E-state index < -0.39 is 0 Å². The maximum Gasteiger partial charge on any atom is 0.0270 e. The topological polar surface area (TPSA) is 38.9 Å². The van der Waals surface area contributed by atoms with E-state index in [1.165, 1.54) is 37.7 Å². The summed E-state index contributed by atoms with van der Waals surface area (Å²) in [6.07, 6.45) is 11.5. The predicted molar refractivity (Wildman–Crippen MR) is 71.7 cm³/mol. The molecule has 2 N–H and O–H groups in total. The fraction of sp³-hybridized carbons (Fsp3) is 0.667. The van der Waals surface area contributed by atoms with E-state index in [9.17, 15) is 0 Å². The Bertz CT molecular complexity index is 323. The maximum atomic E-state index is 6.43. The highest BCUT2D eigenvalue weighted by atomic mass is 14.7. The monoisotopic (exact) mass is 232 g/mol. The molecule has 0 aliphatic heterocycles. The minimum Gasteiger partial charge on any atom is -0.327 e. The lowest BCUT2D eigenvalue weighted by atomic mass is 9.73. The lowest BCUT2D eigenvalue weighted by molar-refractivity contribution is 0.195. The van der Waals surface area contributed by atoms with E-state index >= 15 is 0 Å². The lowest BCUT2D eigenvalue weighted by Gasteiger charge is -2.35. The first-order chi connectivity index (χ1) is 8.31. The van der Waals surface area contributed by atoms with Crippen LogP contribution >= 0.6 is 0 Å². The summed E-state index contributed by atoms with van der Waals surface area (Å²) in [7, 11) is 0. The molecule has 3 atom stereocenters. The van der Waals surface area contributed by atoms with Crippen LogP contribution in [0.15, 0.2) is 24.5 Å². The number of rotatable bonds is 4. The molecule has 0 amide bonds. The molecule has 2 heteroatoms. The summed E-state index contributed by atoms with van der Waals surface area (Å²) < 4.78 is 0. The van der Waals surface area contributed by atoms with Gasteiger partial charge in [-0.15, -0.1) is 0 Å². The molecule has 0 bridgehead atoms. The van der Waals surface area contributed by atoms with Crippen LogP contribution in [0.2, 0.25) is 0 Å². The van der Waals surface area contributed by atoms with E-state index in [0.717, 1.165) is 18.3 Å². The fourth-order valence-electron chi connectivity index (χ4n) is 3.25. The molecule has 2 rings (SSSR count). The van der Waals surface area contributed by atoms with Crippen LogP contribution in [0.25, 0.3) is 0 Å². The van der Waals surface area contributed by atoms with Gasteiger partial charge in [0.2, 0.25) is 0 Å². The van der Waals surface area contributed by atoms with Gasteiger partial charge in [0.15, 0.2) is 0 Å². The van der Waals surface area contributed by atoms with E-state index in [1.807, 2.05) is 12.4 Å². The molecule has 1 heterocycles. The molecular weight excluding hydrogens is 208 g/mol. The molecule has 2 nitrogen and oxygen atoms in total. The van der Waals surface area contributed by atoms with Gasteiger partial charge in [-0.2, -0.15) is 0 Å². The van der Waals surface area contributed by atoms with E-state index in [1.54, 1.807) is 0 Å². The third-order valence-corrected chi connectivity index (χ3v) is 4.26. The SMILES string of the molecule is CCC1CCCCC1C(N)Cc1ccncc1. The van der Waals surface area contributed by atoms with Crippen LogP contribution in [-0.4, -0.2) is 11.0 Å². The first kappa shape index (κ1) is 12.6. The van der Waals surface area contributed by atoms with Gasteiger partial charge in [-0.25, -0.2) is 0 Å². The zero-order valence-electron chi connectivity index (χ0n) is 10.8. The molecule has 17 heavy (non-hydrogen) atoms. The zero-order valence-corrected chi connectivity index (χ0v) is 10.8. The fourth-order valence-corrected chi connectivity index (χ4v) is 3.25. The second-order valence-corrected chi connectivity index (χ2v) is 5.34. The van der Waals surface area contributed by atoms with Gasteiger partial charge < -0.3 is 5.73 Å². The zero-order chi connectivity index (χ0) is 12.1. The Morgan fingerprint density at radius 2 is 2.00 bits per heavy atom. The van der Waals surface area contributed by atoms with E-state index in [0.29, 0.717) is 6.04 Å². The van der Waals surface area contributed by atoms with E-state index in [2.05, 4.69) is 24.0 Å². The Morgan fingerprint density at radius 3 is 2.71 bits per heavy atom. The average Bonchev–Trinajstić information content (AvgIpc) is 2.40. The number of pyridine rings is 1. The minimum atomic E-state index is 0.322. The van der Waals surface area contributed by atoms with Gasteiger partial charge in [0.25, 0.3) is 0 Å². The van der Waals surface area contributed by atoms with Gasteiger partial charge >= 0.3 is 0 Å². The van der Waals surface area contributed by atoms with Crippen molar-refractivity contribution in [1.82, 2.24) is 4.98 Å². The number of aromatic nitrogens is 1. The molecule has 0 saturated heterocycles. The van der Waals surface area contributed by atoms with Crippen molar-refractivity contribution in [3.63, 3.8) is 0 Å². The van der Waals surface area contributed by atoms with Crippen LogP contribution in [0, 0.1) is 11.8 Å². The molecule has 1 aromatic rings. The molecule has 94 valence electrons. The van der Waals surface area contributed by atoms with Crippen molar-refractivity contribution in [2.24, 2.45) is 17.6 Å². The summed E-state index contributed by atoms with van der Waals surface area (Å²) in [5.74, 6) is 1.57. The Hall–Kier alpha value is -0.890. The second-order valence-electron chi connectivity index (χ2n) is 5.34. The van der Waals surface area contributed by atoms with Crippen LogP contribution < -0.4 is 5.73 Å². The Kier molecular flexibility index (Phi) is 4.55. The molecule has 1 aliphatic rings. The van der Waals surface area contributed by atoms with Crippen LogP contribution in [0.5, 0.6) is 0 Å². The van der Waals surface area contributed by atoms with Crippen LogP contribution in [0.4, 0.5) is 0 Å². The van der Waals surface area contributed by atoms with Crippen LogP contribution in [0.1, 0.15) is 44.6 Å².